The summed E-state index contributed by atoms with van der Waals surface area (Å²) >= 11 is 0. The fourth-order valence-electron chi connectivity index (χ4n) is 2.33. The van der Waals surface area contributed by atoms with E-state index in [1.807, 2.05) is 18.2 Å². The van der Waals surface area contributed by atoms with Gasteiger partial charge in [0.15, 0.2) is 5.78 Å². The number of rotatable bonds is 5. The van der Waals surface area contributed by atoms with Crippen LogP contribution < -0.4 is 4.74 Å². The summed E-state index contributed by atoms with van der Waals surface area (Å²) in [6.07, 6.45) is 3.71. The summed E-state index contributed by atoms with van der Waals surface area (Å²) in [6.45, 7) is 0.493. The number of ether oxygens (including phenoxy) is 1. The lowest BCUT2D eigenvalue weighted by Crippen LogP contribution is -2.21. The van der Waals surface area contributed by atoms with E-state index in [9.17, 15) is 9.59 Å². The van der Waals surface area contributed by atoms with Gasteiger partial charge < -0.3 is 9.64 Å². The third kappa shape index (κ3) is 3.59. The SMILES string of the molecule is CN(C)C(=O)CCCOc1ccc2c(c1)C(=O)CCC2. The number of hydrogen-bond donors (Lipinski definition) is 0. The van der Waals surface area contributed by atoms with E-state index in [1.54, 1.807) is 19.0 Å². The summed E-state index contributed by atoms with van der Waals surface area (Å²) in [5.41, 5.74) is 1.93. The highest BCUT2D eigenvalue weighted by Gasteiger charge is 2.17. The fraction of sp³-hybridized carbons (Fsp3) is 0.500. The van der Waals surface area contributed by atoms with E-state index in [2.05, 4.69) is 0 Å². The Bertz CT molecular complexity index is 508. The number of hydrogen-bond acceptors (Lipinski definition) is 3. The molecule has 0 heterocycles. The van der Waals surface area contributed by atoms with Crippen molar-refractivity contribution in [3.05, 3.63) is 29.3 Å². The first-order valence-corrected chi connectivity index (χ1v) is 7.07. The Morgan fingerprint density at radius 1 is 1.30 bits per heavy atom. The van der Waals surface area contributed by atoms with Gasteiger partial charge >= 0.3 is 0 Å². The first kappa shape index (κ1) is 14.6. The van der Waals surface area contributed by atoms with Gasteiger partial charge in [-0.05, 0) is 37.0 Å². The van der Waals surface area contributed by atoms with Crippen molar-refractivity contribution in [3.8, 4) is 5.75 Å². The molecule has 1 aliphatic carbocycles. The van der Waals surface area contributed by atoms with Crippen LogP contribution in [0.2, 0.25) is 0 Å². The van der Waals surface area contributed by atoms with E-state index >= 15 is 0 Å². The highest BCUT2D eigenvalue weighted by Crippen LogP contribution is 2.25. The molecule has 4 nitrogen and oxygen atoms in total. The number of carbonyl (C=O) groups is 2. The Balaban J connectivity index is 1.86. The molecule has 0 radical (unpaired) electrons. The largest absolute Gasteiger partial charge is 0.494 e. The van der Waals surface area contributed by atoms with Gasteiger partial charge in [-0.25, -0.2) is 0 Å². The van der Waals surface area contributed by atoms with Gasteiger partial charge in [0.05, 0.1) is 6.61 Å². The highest BCUT2D eigenvalue weighted by atomic mass is 16.5. The van der Waals surface area contributed by atoms with Crippen molar-refractivity contribution in [3.63, 3.8) is 0 Å². The van der Waals surface area contributed by atoms with Crippen LogP contribution in [0, 0.1) is 0 Å². The van der Waals surface area contributed by atoms with Crippen molar-refractivity contribution in [1.82, 2.24) is 4.90 Å². The molecule has 108 valence electrons. The molecule has 0 fully saturated rings. The normalized spacial score (nSPS) is 13.8. The molecular weight excluding hydrogens is 254 g/mol. The smallest absolute Gasteiger partial charge is 0.222 e. The first-order valence-electron chi connectivity index (χ1n) is 7.07. The summed E-state index contributed by atoms with van der Waals surface area (Å²) in [6, 6.07) is 5.72. The molecule has 1 aromatic rings. The summed E-state index contributed by atoms with van der Waals surface area (Å²) in [5, 5.41) is 0. The number of aryl methyl sites for hydroxylation is 1. The van der Waals surface area contributed by atoms with E-state index in [0.29, 0.717) is 25.9 Å². The third-order valence-electron chi connectivity index (χ3n) is 3.53. The van der Waals surface area contributed by atoms with Gasteiger partial charge in [-0.3, -0.25) is 9.59 Å². The second-order valence-corrected chi connectivity index (χ2v) is 5.34. The molecule has 4 heteroatoms. The predicted octanol–water partition coefficient (Wildman–Crippen LogP) is 2.45. The number of carbonyl (C=O) groups excluding carboxylic acids is 2. The number of ketones is 1. The fourth-order valence-corrected chi connectivity index (χ4v) is 2.33. The van der Waals surface area contributed by atoms with Gasteiger partial charge in [-0.2, -0.15) is 0 Å². The van der Waals surface area contributed by atoms with E-state index in [4.69, 9.17) is 4.74 Å². The summed E-state index contributed by atoms with van der Waals surface area (Å²) < 4.78 is 5.63. The minimum atomic E-state index is 0.106. The molecule has 0 aliphatic heterocycles. The van der Waals surface area contributed by atoms with Gasteiger partial charge in [0.25, 0.3) is 0 Å². The molecule has 1 amide bonds. The highest BCUT2D eigenvalue weighted by molar-refractivity contribution is 5.98. The zero-order chi connectivity index (χ0) is 14.5. The lowest BCUT2D eigenvalue weighted by molar-refractivity contribution is -0.128. The number of benzene rings is 1. The average molecular weight is 275 g/mol. The molecule has 0 saturated heterocycles. The van der Waals surface area contributed by atoms with Gasteiger partial charge in [0.1, 0.15) is 5.75 Å². The van der Waals surface area contributed by atoms with E-state index in [1.165, 1.54) is 0 Å². The number of Topliss-reactive ketones (excluding diaryl/α,β-unsaturated/α-hetero) is 1. The van der Waals surface area contributed by atoms with Crippen LogP contribution in [0.5, 0.6) is 5.75 Å². The molecule has 0 saturated carbocycles. The second kappa shape index (κ2) is 6.55. The zero-order valence-electron chi connectivity index (χ0n) is 12.1. The van der Waals surface area contributed by atoms with Gasteiger partial charge in [-0.15, -0.1) is 0 Å². The molecule has 0 atom stereocenters. The maximum atomic E-state index is 11.8. The van der Waals surface area contributed by atoms with Crippen molar-refractivity contribution in [2.45, 2.75) is 32.1 Å². The van der Waals surface area contributed by atoms with Gasteiger partial charge in [0.2, 0.25) is 5.91 Å². The number of nitrogens with zero attached hydrogens (tertiary/aromatic N) is 1. The maximum absolute atomic E-state index is 11.8. The molecule has 0 spiro atoms. The lowest BCUT2D eigenvalue weighted by Gasteiger charge is -2.16. The van der Waals surface area contributed by atoms with Crippen LogP contribution in [0.15, 0.2) is 18.2 Å². The third-order valence-corrected chi connectivity index (χ3v) is 3.53. The van der Waals surface area contributed by atoms with Crippen LogP contribution >= 0.6 is 0 Å². The van der Waals surface area contributed by atoms with Crippen molar-refractivity contribution >= 4 is 11.7 Å². The maximum Gasteiger partial charge on any atom is 0.222 e. The summed E-state index contributed by atoms with van der Waals surface area (Å²) in [7, 11) is 3.50. The Hall–Kier alpha value is -1.84. The Kier molecular flexibility index (Phi) is 4.77. The van der Waals surface area contributed by atoms with Crippen LogP contribution in [-0.2, 0) is 11.2 Å². The van der Waals surface area contributed by atoms with Crippen molar-refractivity contribution < 1.29 is 14.3 Å². The molecule has 0 aromatic heterocycles. The zero-order valence-corrected chi connectivity index (χ0v) is 12.1. The quantitative estimate of drug-likeness (QED) is 0.775. The second-order valence-electron chi connectivity index (χ2n) is 5.34. The van der Waals surface area contributed by atoms with E-state index in [-0.39, 0.29) is 11.7 Å². The molecule has 0 bridgehead atoms. The van der Waals surface area contributed by atoms with Crippen molar-refractivity contribution in [2.24, 2.45) is 0 Å². The lowest BCUT2D eigenvalue weighted by atomic mass is 9.90. The van der Waals surface area contributed by atoms with Crippen LogP contribution in [0.3, 0.4) is 0 Å². The van der Waals surface area contributed by atoms with Crippen LogP contribution in [0.4, 0.5) is 0 Å². The Morgan fingerprint density at radius 3 is 2.85 bits per heavy atom. The summed E-state index contributed by atoms with van der Waals surface area (Å²) in [4.78, 5) is 24.8. The Morgan fingerprint density at radius 2 is 2.10 bits per heavy atom. The average Bonchev–Trinajstić information content (AvgIpc) is 2.44. The molecule has 0 N–H and O–H groups in total. The molecule has 0 unspecified atom stereocenters. The molecular formula is C16H21NO3. The van der Waals surface area contributed by atoms with Gasteiger partial charge in [-0.1, -0.05) is 6.07 Å². The Labute approximate surface area is 119 Å². The van der Waals surface area contributed by atoms with E-state index < -0.39 is 0 Å². The van der Waals surface area contributed by atoms with Crippen LogP contribution in [-0.4, -0.2) is 37.3 Å². The van der Waals surface area contributed by atoms with Gasteiger partial charge in [0, 0.05) is 32.5 Å². The minimum Gasteiger partial charge on any atom is -0.494 e. The molecule has 1 aromatic carbocycles. The molecule has 20 heavy (non-hydrogen) atoms. The molecule has 2 rings (SSSR count). The standard InChI is InChI=1S/C16H21NO3/c1-17(2)16(19)7-4-10-20-13-9-8-12-5-3-6-15(18)14(12)11-13/h8-9,11H,3-7,10H2,1-2H3. The molecule has 1 aliphatic rings. The van der Waals surface area contributed by atoms with E-state index in [0.717, 1.165) is 29.7 Å². The number of fused-ring (bicyclic) bond motifs is 1. The van der Waals surface area contributed by atoms with Crippen molar-refractivity contribution in [1.29, 1.82) is 0 Å². The van der Waals surface area contributed by atoms with Crippen LogP contribution in [0.25, 0.3) is 0 Å². The first-order chi connectivity index (χ1) is 9.58. The predicted molar refractivity (Wildman–Crippen MR) is 77.1 cm³/mol. The van der Waals surface area contributed by atoms with Crippen molar-refractivity contribution in [2.75, 3.05) is 20.7 Å². The topological polar surface area (TPSA) is 46.6 Å². The monoisotopic (exact) mass is 275 g/mol. The minimum absolute atomic E-state index is 0.106. The summed E-state index contributed by atoms with van der Waals surface area (Å²) in [5.74, 6) is 1.03. The van der Waals surface area contributed by atoms with Crippen LogP contribution in [0.1, 0.15) is 41.6 Å². The number of amides is 1.